The van der Waals surface area contributed by atoms with Crippen molar-refractivity contribution >= 4 is 17.3 Å². The Balaban J connectivity index is 2.33. The molecule has 2 aromatic rings. The number of anilines is 2. The molecule has 21 heavy (non-hydrogen) atoms. The van der Waals surface area contributed by atoms with E-state index < -0.39 is 29.0 Å². The lowest BCUT2D eigenvalue weighted by Gasteiger charge is -2.10. The summed E-state index contributed by atoms with van der Waals surface area (Å²) in [5, 5.41) is 2.15. The molecule has 2 aromatic carbocycles. The van der Waals surface area contributed by atoms with Gasteiger partial charge in [0, 0.05) is 5.56 Å². The standard InChI is InChI=1S/C14H11F3N2O2/c1-21-11-6-7(2-3-8(11)15)14(20)19-13-10(18)5-4-9(16)12(13)17/h2-6H,18H2,1H3,(H,19,20). The first-order chi connectivity index (χ1) is 9.93. The largest absolute Gasteiger partial charge is 0.494 e. The number of hydrogen-bond donors (Lipinski definition) is 2. The highest BCUT2D eigenvalue weighted by Crippen LogP contribution is 2.26. The SMILES string of the molecule is COc1cc(C(=O)Nc2c(N)ccc(F)c2F)ccc1F. The molecule has 0 fully saturated rings. The second-order valence-electron chi connectivity index (χ2n) is 4.13. The van der Waals surface area contributed by atoms with E-state index in [1.165, 1.54) is 13.2 Å². The number of nitrogen functional groups attached to an aromatic ring is 1. The lowest BCUT2D eigenvalue weighted by atomic mass is 10.1. The molecule has 1 amide bonds. The van der Waals surface area contributed by atoms with Crippen molar-refractivity contribution in [2.24, 2.45) is 0 Å². The molecule has 0 unspecified atom stereocenters. The second kappa shape index (κ2) is 5.74. The van der Waals surface area contributed by atoms with Gasteiger partial charge in [-0.3, -0.25) is 4.79 Å². The quantitative estimate of drug-likeness (QED) is 0.856. The third-order valence-electron chi connectivity index (χ3n) is 2.78. The molecule has 0 aliphatic carbocycles. The van der Waals surface area contributed by atoms with Crippen LogP contribution in [0.4, 0.5) is 24.5 Å². The van der Waals surface area contributed by atoms with Crippen LogP contribution in [0.25, 0.3) is 0 Å². The van der Waals surface area contributed by atoms with Crippen molar-refractivity contribution in [2.75, 3.05) is 18.2 Å². The molecule has 2 rings (SSSR count). The normalized spacial score (nSPS) is 10.3. The van der Waals surface area contributed by atoms with Gasteiger partial charge in [0.25, 0.3) is 5.91 Å². The average molecular weight is 296 g/mol. The summed E-state index contributed by atoms with van der Waals surface area (Å²) in [5.74, 6) is -3.97. The van der Waals surface area contributed by atoms with Gasteiger partial charge in [-0.15, -0.1) is 0 Å². The number of nitrogens with one attached hydrogen (secondary N) is 1. The fourth-order valence-corrected chi connectivity index (χ4v) is 1.68. The van der Waals surface area contributed by atoms with Gasteiger partial charge >= 0.3 is 0 Å². The maximum atomic E-state index is 13.6. The van der Waals surface area contributed by atoms with Crippen LogP contribution in [0.3, 0.4) is 0 Å². The van der Waals surface area contributed by atoms with Crippen LogP contribution in [-0.4, -0.2) is 13.0 Å². The van der Waals surface area contributed by atoms with Crippen LogP contribution in [0.15, 0.2) is 30.3 Å². The van der Waals surface area contributed by atoms with Gasteiger partial charge in [-0.2, -0.15) is 0 Å². The Hall–Kier alpha value is -2.70. The van der Waals surface area contributed by atoms with Gasteiger partial charge in [-0.1, -0.05) is 0 Å². The van der Waals surface area contributed by atoms with Gasteiger partial charge in [0.1, 0.15) is 5.69 Å². The maximum Gasteiger partial charge on any atom is 0.255 e. The number of benzene rings is 2. The molecule has 3 N–H and O–H groups in total. The number of carbonyl (C=O) groups excluding carboxylic acids is 1. The Morgan fingerprint density at radius 3 is 2.48 bits per heavy atom. The van der Waals surface area contributed by atoms with Crippen molar-refractivity contribution in [1.29, 1.82) is 0 Å². The van der Waals surface area contributed by atoms with E-state index in [-0.39, 0.29) is 17.0 Å². The number of carbonyl (C=O) groups is 1. The van der Waals surface area contributed by atoms with Crippen molar-refractivity contribution in [2.45, 2.75) is 0 Å². The lowest BCUT2D eigenvalue weighted by molar-refractivity contribution is 0.102. The summed E-state index contributed by atoms with van der Waals surface area (Å²) in [4.78, 5) is 12.0. The molecule has 0 saturated heterocycles. The molecule has 0 radical (unpaired) electrons. The third kappa shape index (κ3) is 2.91. The maximum absolute atomic E-state index is 13.6. The van der Waals surface area contributed by atoms with Crippen LogP contribution >= 0.6 is 0 Å². The number of nitrogens with two attached hydrogens (primary N) is 1. The van der Waals surface area contributed by atoms with E-state index in [9.17, 15) is 18.0 Å². The fraction of sp³-hybridized carbons (Fsp3) is 0.0714. The smallest absolute Gasteiger partial charge is 0.255 e. The summed E-state index contributed by atoms with van der Waals surface area (Å²) in [6.07, 6.45) is 0. The summed E-state index contributed by atoms with van der Waals surface area (Å²) >= 11 is 0. The third-order valence-corrected chi connectivity index (χ3v) is 2.78. The van der Waals surface area contributed by atoms with E-state index in [2.05, 4.69) is 5.32 Å². The van der Waals surface area contributed by atoms with Crippen LogP contribution in [0.1, 0.15) is 10.4 Å². The topological polar surface area (TPSA) is 64.3 Å². The zero-order chi connectivity index (χ0) is 15.6. The highest BCUT2D eigenvalue weighted by molar-refractivity contribution is 6.06. The Morgan fingerprint density at radius 1 is 1.14 bits per heavy atom. The summed E-state index contributed by atoms with van der Waals surface area (Å²) < 4.78 is 44.7. The predicted octanol–water partition coefficient (Wildman–Crippen LogP) is 2.95. The monoisotopic (exact) mass is 296 g/mol. The number of halogens is 3. The predicted molar refractivity (Wildman–Crippen MR) is 71.7 cm³/mol. The van der Waals surface area contributed by atoms with E-state index in [1.54, 1.807) is 0 Å². The van der Waals surface area contributed by atoms with Crippen molar-refractivity contribution in [3.8, 4) is 5.75 Å². The molecule has 0 aliphatic heterocycles. The van der Waals surface area contributed by atoms with E-state index in [1.807, 2.05) is 0 Å². The summed E-state index contributed by atoms with van der Waals surface area (Å²) in [6.45, 7) is 0. The molecule has 4 nitrogen and oxygen atoms in total. The zero-order valence-corrected chi connectivity index (χ0v) is 10.9. The Kier molecular flexibility index (Phi) is 4.02. The molecule has 7 heteroatoms. The number of amides is 1. The first kappa shape index (κ1) is 14.7. The minimum Gasteiger partial charge on any atom is -0.494 e. The van der Waals surface area contributed by atoms with Crippen molar-refractivity contribution in [1.82, 2.24) is 0 Å². The number of hydrogen-bond acceptors (Lipinski definition) is 3. The Bertz CT molecular complexity index is 705. The lowest BCUT2D eigenvalue weighted by Crippen LogP contribution is -2.15. The van der Waals surface area contributed by atoms with Gasteiger partial charge in [0.15, 0.2) is 23.2 Å². The number of rotatable bonds is 3. The van der Waals surface area contributed by atoms with Crippen molar-refractivity contribution in [3.63, 3.8) is 0 Å². The average Bonchev–Trinajstić information content (AvgIpc) is 2.48. The zero-order valence-electron chi connectivity index (χ0n) is 10.9. The van der Waals surface area contributed by atoms with E-state index in [4.69, 9.17) is 10.5 Å². The molecular weight excluding hydrogens is 285 g/mol. The molecule has 110 valence electrons. The van der Waals surface area contributed by atoms with Gasteiger partial charge in [-0.05, 0) is 30.3 Å². The highest BCUT2D eigenvalue weighted by Gasteiger charge is 2.16. The second-order valence-corrected chi connectivity index (χ2v) is 4.13. The van der Waals surface area contributed by atoms with Crippen LogP contribution in [0, 0.1) is 17.5 Å². The van der Waals surface area contributed by atoms with Crippen LogP contribution < -0.4 is 15.8 Å². The van der Waals surface area contributed by atoms with Crippen molar-refractivity contribution in [3.05, 3.63) is 53.3 Å². The molecular formula is C14H11F3N2O2. The summed E-state index contributed by atoms with van der Waals surface area (Å²) in [5.41, 5.74) is 4.90. The Labute approximate surface area is 118 Å². The minimum atomic E-state index is -1.27. The van der Waals surface area contributed by atoms with E-state index in [0.29, 0.717) is 0 Å². The van der Waals surface area contributed by atoms with Crippen molar-refractivity contribution < 1.29 is 22.7 Å². The molecule has 0 spiro atoms. The molecule has 0 heterocycles. The first-order valence-electron chi connectivity index (χ1n) is 5.82. The summed E-state index contributed by atoms with van der Waals surface area (Å²) in [6, 6.07) is 5.32. The molecule has 0 aromatic heterocycles. The van der Waals surface area contributed by atoms with Gasteiger partial charge < -0.3 is 15.8 Å². The molecule has 0 bridgehead atoms. The Morgan fingerprint density at radius 2 is 1.81 bits per heavy atom. The number of ether oxygens (including phenoxy) is 1. The summed E-state index contributed by atoms with van der Waals surface area (Å²) in [7, 11) is 1.24. The first-order valence-corrected chi connectivity index (χ1v) is 5.82. The van der Waals surface area contributed by atoms with Gasteiger partial charge in [0.05, 0.1) is 12.8 Å². The van der Waals surface area contributed by atoms with Crippen LogP contribution in [0.5, 0.6) is 5.75 Å². The molecule has 0 aliphatic rings. The molecule has 0 saturated carbocycles. The van der Waals surface area contributed by atoms with E-state index >= 15 is 0 Å². The van der Waals surface area contributed by atoms with Crippen LogP contribution in [-0.2, 0) is 0 Å². The highest BCUT2D eigenvalue weighted by atomic mass is 19.2. The minimum absolute atomic E-state index is 0.0105. The van der Waals surface area contributed by atoms with Gasteiger partial charge in [0.2, 0.25) is 0 Å². The molecule has 0 atom stereocenters. The fourth-order valence-electron chi connectivity index (χ4n) is 1.68. The van der Waals surface area contributed by atoms with Gasteiger partial charge in [-0.25, -0.2) is 13.2 Å². The number of methoxy groups -OCH3 is 1. The van der Waals surface area contributed by atoms with E-state index in [0.717, 1.165) is 24.3 Å². The van der Waals surface area contributed by atoms with Crippen LogP contribution in [0.2, 0.25) is 0 Å².